The van der Waals surface area contributed by atoms with E-state index in [9.17, 15) is 9.59 Å². The lowest BCUT2D eigenvalue weighted by atomic mass is 10.2. The third-order valence-electron chi connectivity index (χ3n) is 3.43. The van der Waals surface area contributed by atoms with Gasteiger partial charge in [-0.25, -0.2) is 4.98 Å². The van der Waals surface area contributed by atoms with Crippen LogP contribution < -0.4 is 10.9 Å². The van der Waals surface area contributed by atoms with Crippen molar-refractivity contribution in [1.82, 2.24) is 19.9 Å². The highest BCUT2D eigenvalue weighted by atomic mass is 32.1. The van der Waals surface area contributed by atoms with Gasteiger partial charge in [-0.2, -0.15) is 0 Å². The predicted molar refractivity (Wildman–Crippen MR) is 89.6 cm³/mol. The van der Waals surface area contributed by atoms with Crippen LogP contribution in [0, 0.1) is 0 Å². The molecule has 118 valence electrons. The van der Waals surface area contributed by atoms with E-state index < -0.39 is 0 Å². The van der Waals surface area contributed by atoms with Gasteiger partial charge < -0.3 is 14.9 Å². The minimum absolute atomic E-state index is 0.147. The first-order valence-corrected chi connectivity index (χ1v) is 8.05. The molecule has 0 aromatic carbocycles. The van der Waals surface area contributed by atoms with E-state index in [4.69, 9.17) is 0 Å². The summed E-state index contributed by atoms with van der Waals surface area (Å²) in [5.74, 6) is 0.436. The molecule has 3 aromatic heterocycles. The third kappa shape index (κ3) is 3.40. The minimum Gasteiger partial charge on any atom is -0.351 e. The molecule has 0 atom stereocenters. The molecule has 1 amide bonds. The predicted octanol–water partition coefficient (Wildman–Crippen LogP) is 1.81. The Labute approximate surface area is 136 Å². The Morgan fingerprint density at radius 3 is 3.04 bits per heavy atom. The van der Waals surface area contributed by atoms with Crippen molar-refractivity contribution in [1.29, 1.82) is 0 Å². The van der Waals surface area contributed by atoms with Gasteiger partial charge in [-0.3, -0.25) is 9.59 Å². The van der Waals surface area contributed by atoms with Crippen LogP contribution in [0.5, 0.6) is 0 Å². The molecule has 3 aromatic rings. The first-order valence-electron chi connectivity index (χ1n) is 7.17. The number of aromatic amines is 1. The van der Waals surface area contributed by atoms with Crippen LogP contribution in [0.3, 0.4) is 0 Å². The quantitative estimate of drug-likeness (QED) is 0.749. The maximum atomic E-state index is 12.0. The monoisotopic (exact) mass is 328 g/mol. The molecule has 0 saturated carbocycles. The summed E-state index contributed by atoms with van der Waals surface area (Å²) in [6.45, 7) is 0.411. The van der Waals surface area contributed by atoms with Gasteiger partial charge in [0.1, 0.15) is 11.4 Å². The molecule has 23 heavy (non-hydrogen) atoms. The Morgan fingerprint density at radius 2 is 2.26 bits per heavy atom. The molecule has 0 unspecified atom stereocenters. The number of nitrogens with one attached hydrogen (secondary N) is 2. The van der Waals surface area contributed by atoms with Crippen molar-refractivity contribution in [3.8, 4) is 10.6 Å². The van der Waals surface area contributed by atoms with Gasteiger partial charge >= 0.3 is 0 Å². The summed E-state index contributed by atoms with van der Waals surface area (Å²) in [7, 11) is 1.62. The van der Waals surface area contributed by atoms with Gasteiger partial charge in [-0.15, -0.1) is 11.3 Å². The molecular formula is C16H16N4O2S. The number of amides is 1. The fourth-order valence-electron chi connectivity index (χ4n) is 2.21. The van der Waals surface area contributed by atoms with E-state index in [0.717, 1.165) is 16.4 Å². The molecule has 0 bridgehead atoms. The van der Waals surface area contributed by atoms with Gasteiger partial charge in [0.05, 0.1) is 16.8 Å². The van der Waals surface area contributed by atoms with E-state index in [1.54, 1.807) is 36.8 Å². The van der Waals surface area contributed by atoms with E-state index in [2.05, 4.69) is 15.3 Å². The number of carbonyl (C=O) groups excluding carboxylic acids is 1. The highest BCUT2D eigenvalue weighted by Gasteiger charge is 2.11. The van der Waals surface area contributed by atoms with Crippen LogP contribution in [0.15, 0.2) is 46.8 Å². The maximum absolute atomic E-state index is 12.0. The number of carbonyl (C=O) groups is 1. The lowest BCUT2D eigenvalue weighted by Crippen LogP contribution is -2.33. The zero-order chi connectivity index (χ0) is 16.2. The SMILES string of the molecule is Cn1cccc(C(=O)NCCc2ncc(-c3cccs3)[nH]2)c1=O. The van der Waals surface area contributed by atoms with E-state index >= 15 is 0 Å². The standard InChI is InChI=1S/C16H16N4O2S/c1-20-8-2-4-11(16(20)22)15(21)17-7-6-14-18-10-12(19-14)13-5-3-9-23-13/h2-5,8-10H,6-7H2,1H3,(H,17,21)(H,18,19). The molecule has 3 heterocycles. The summed E-state index contributed by atoms with van der Waals surface area (Å²) in [6, 6.07) is 7.21. The van der Waals surface area contributed by atoms with E-state index in [1.165, 1.54) is 10.6 Å². The molecule has 0 fully saturated rings. The first-order chi connectivity index (χ1) is 11.1. The molecule has 0 aliphatic rings. The van der Waals surface area contributed by atoms with Crippen molar-refractivity contribution in [2.45, 2.75) is 6.42 Å². The molecule has 2 N–H and O–H groups in total. The topological polar surface area (TPSA) is 79.8 Å². The van der Waals surface area contributed by atoms with Gasteiger partial charge in [0.25, 0.3) is 11.5 Å². The fraction of sp³-hybridized carbons (Fsp3) is 0.188. The Hall–Kier alpha value is -2.67. The largest absolute Gasteiger partial charge is 0.351 e. The molecule has 0 radical (unpaired) electrons. The Bertz CT molecular complexity index is 864. The fourth-order valence-corrected chi connectivity index (χ4v) is 2.90. The maximum Gasteiger partial charge on any atom is 0.263 e. The van der Waals surface area contributed by atoms with Crippen molar-refractivity contribution >= 4 is 17.2 Å². The number of nitrogens with zero attached hydrogens (tertiary/aromatic N) is 2. The second-order valence-electron chi connectivity index (χ2n) is 5.06. The number of pyridine rings is 1. The van der Waals surface area contributed by atoms with Crippen LogP contribution in [-0.2, 0) is 13.5 Å². The van der Waals surface area contributed by atoms with Crippen molar-refractivity contribution < 1.29 is 4.79 Å². The number of hydrogen-bond donors (Lipinski definition) is 2. The van der Waals surface area contributed by atoms with Crippen LogP contribution in [0.1, 0.15) is 16.2 Å². The van der Waals surface area contributed by atoms with E-state index in [0.29, 0.717) is 13.0 Å². The van der Waals surface area contributed by atoms with Crippen LogP contribution >= 0.6 is 11.3 Å². The molecule has 3 rings (SSSR count). The van der Waals surface area contributed by atoms with Crippen molar-refractivity contribution in [3.63, 3.8) is 0 Å². The normalized spacial score (nSPS) is 10.7. The van der Waals surface area contributed by atoms with Gasteiger partial charge in [0, 0.05) is 26.2 Å². The van der Waals surface area contributed by atoms with Crippen molar-refractivity contribution in [2.75, 3.05) is 6.54 Å². The number of hydrogen-bond acceptors (Lipinski definition) is 4. The summed E-state index contributed by atoms with van der Waals surface area (Å²) in [5, 5.41) is 4.76. The summed E-state index contributed by atoms with van der Waals surface area (Å²) >= 11 is 1.64. The molecular weight excluding hydrogens is 312 g/mol. The zero-order valence-electron chi connectivity index (χ0n) is 12.6. The van der Waals surface area contributed by atoms with Gasteiger partial charge in [-0.1, -0.05) is 6.07 Å². The molecule has 0 spiro atoms. The number of aryl methyl sites for hydroxylation is 1. The summed E-state index contributed by atoms with van der Waals surface area (Å²) in [5.41, 5.74) is 0.815. The van der Waals surface area contributed by atoms with Crippen molar-refractivity contribution in [2.24, 2.45) is 7.05 Å². The van der Waals surface area contributed by atoms with Crippen molar-refractivity contribution in [3.05, 3.63) is 63.8 Å². The Kier molecular flexibility index (Phi) is 4.38. The third-order valence-corrected chi connectivity index (χ3v) is 4.33. The summed E-state index contributed by atoms with van der Waals surface area (Å²) in [6.07, 6.45) is 3.98. The smallest absolute Gasteiger partial charge is 0.263 e. The number of aromatic nitrogens is 3. The van der Waals surface area contributed by atoms with Gasteiger partial charge in [0.2, 0.25) is 0 Å². The molecule has 7 heteroatoms. The second-order valence-corrected chi connectivity index (χ2v) is 6.01. The van der Waals surface area contributed by atoms with E-state index in [-0.39, 0.29) is 17.0 Å². The molecule has 0 saturated heterocycles. The molecule has 0 aliphatic heterocycles. The number of rotatable bonds is 5. The average molecular weight is 328 g/mol. The average Bonchev–Trinajstić information content (AvgIpc) is 3.20. The minimum atomic E-state index is -0.365. The molecule has 0 aliphatic carbocycles. The number of H-pyrrole nitrogens is 1. The highest BCUT2D eigenvalue weighted by molar-refractivity contribution is 7.13. The van der Waals surface area contributed by atoms with Crippen LogP contribution in [0.4, 0.5) is 0 Å². The number of imidazole rings is 1. The lowest BCUT2D eigenvalue weighted by Gasteiger charge is -2.05. The highest BCUT2D eigenvalue weighted by Crippen LogP contribution is 2.22. The van der Waals surface area contributed by atoms with Gasteiger partial charge in [0.15, 0.2) is 0 Å². The first kappa shape index (κ1) is 15.2. The molecule has 6 nitrogen and oxygen atoms in total. The van der Waals surface area contributed by atoms with Crippen LogP contribution in [0.2, 0.25) is 0 Å². The summed E-state index contributed by atoms with van der Waals surface area (Å²) < 4.78 is 1.38. The van der Waals surface area contributed by atoms with Crippen LogP contribution in [0.25, 0.3) is 10.6 Å². The second kappa shape index (κ2) is 6.62. The Balaban J connectivity index is 1.58. The van der Waals surface area contributed by atoms with Gasteiger partial charge in [-0.05, 0) is 23.6 Å². The zero-order valence-corrected chi connectivity index (χ0v) is 13.4. The lowest BCUT2D eigenvalue weighted by molar-refractivity contribution is 0.0952. The van der Waals surface area contributed by atoms with E-state index in [1.807, 2.05) is 17.5 Å². The van der Waals surface area contributed by atoms with Crippen LogP contribution in [-0.4, -0.2) is 27.0 Å². The number of thiophene rings is 1. The summed E-state index contributed by atoms with van der Waals surface area (Å²) in [4.78, 5) is 32.6. The Morgan fingerprint density at radius 1 is 1.39 bits per heavy atom.